The van der Waals surface area contributed by atoms with Crippen molar-refractivity contribution in [2.45, 2.75) is 18.9 Å². The minimum absolute atomic E-state index is 0.471. The van der Waals surface area contributed by atoms with Gasteiger partial charge in [-0.3, -0.25) is 9.88 Å². The SMILES string of the molecule is Brc1cncc(N2CCN(CC3CCCO3)CC2)c1. The van der Waals surface area contributed by atoms with Gasteiger partial charge in [-0.1, -0.05) is 0 Å². The van der Waals surface area contributed by atoms with Crippen molar-refractivity contribution in [3.8, 4) is 0 Å². The summed E-state index contributed by atoms with van der Waals surface area (Å²) < 4.78 is 6.76. The van der Waals surface area contributed by atoms with Crippen LogP contribution in [0.4, 0.5) is 5.69 Å². The molecule has 2 aliphatic heterocycles. The minimum Gasteiger partial charge on any atom is -0.377 e. The van der Waals surface area contributed by atoms with Crippen LogP contribution in [0.3, 0.4) is 0 Å². The van der Waals surface area contributed by atoms with Crippen molar-refractivity contribution in [1.29, 1.82) is 0 Å². The average molecular weight is 326 g/mol. The van der Waals surface area contributed by atoms with E-state index in [4.69, 9.17) is 4.74 Å². The molecule has 0 spiro atoms. The highest BCUT2D eigenvalue weighted by Gasteiger charge is 2.22. The standard InChI is InChI=1S/C14H20BrN3O/c15-12-8-13(10-16-9-12)18-5-3-17(4-6-18)11-14-2-1-7-19-14/h8-10,14H,1-7,11H2. The third-order valence-electron chi connectivity index (χ3n) is 3.91. The molecule has 0 amide bonds. The summed E-state index contributed by atoms with van der Waals surface area (Å²) in [4.78, 5) is 9.17. The van der Waals surface area contributed by atoms with E-state index < -0.39 is 0 Å². The summed E-state index contributed by atoms with van der Waals surface area (Å²) in [6.45, 7) is 6.44. The summed E-state index contributed by atoms with van der Waals surface area (Å²) in [7, 11) is 0. The number of hydrogen-bond acceptors (Lipinski definition) is 4. The van der Waals surface area contributed by atoms with Crippen LogP contribution in [0.15, 0.2) is 22.9 Å². The molecule has 4 nitrogen and oxygen atoms in total. The zero-order valence-corrected chi connectivity index (χ0v) is 12.7. The summed E-state index contributed by atoms with van der Waals surface area (Å²) >= 11 is 3.48. The summed E-state index contributed by atoms with van der Waals surface area (Å²) in [6, 6.07) is 2.14. The Morgan fingerprint density at radius 3 is 2.79 bits per heavy atom. The maximum Gasteiger partial charge on any atom is 0.0702 e. The lowest BCUT2D eigenvalue weighted by Crippen LogP contribution is -2.48. The topological polar surface area (TPSA) is 28.6 Å². The van der Waals surface area contributed by atoms with E-state index in [1.807, 2.05) is 12.4 Å². The van der Waals surface area contributed by atoms with Gasteiger partial charge in [0.1, 0.15) is 0 Å². The molecular weight excluding hydrogens is 306 g/mol. The Morgan fingerprint density at radius 1 is 1.26 bits per heavy atom. The molecule has 104 valence electrons. The van der Waals surface area contributed by atoms with Gasteiger partial charge >= 0.3 is 0 Å². The monoisotopic (exact) mass is 325 g/mol. The van der Waals surface area contributed by atoms with Crippen LogP contribution in [-0.4, -0.2) is 55.3 Å². The normalized spacial score (nSPS) is 24.9. The lowest BCUT2D eigenvalue weighted by molar-refractivity contribution is 0.0713. The van der Waals surface area contributed by atoms with Crippen molar-refractivity contribution in [3.05, 3.63) is 22.9 Å². The van der Waals surface area contributed by atoms with E-state index in [9.17, 15) is 0 Å². The molecule has 2 saturated heterocycles. The number of hydrogen-bond donors (Lipinski definition) is 0. The summed E-state index contributed by atoms with van der Waals surface area (Å²) in [6.07, 6.45) is 6.71. The quantitative estimate of drug-likeness (QED) is 0.851. The average Bonchev–Trinajstić information content (AvgIpc) is 2.92. The van der Waals surface area contributed by atoms with Gasteiger partial charge in [0.2, 0.25) is 0 Å². The molecule has 1 atom stereocenters. The number of halogens is 1. The third kappa shape index (κ3) is 3.46. The zero-order valence-electron chi connectivity index (χ0n) is 11.1. The van der Waals surface area contributed by atoms with Crippen LogP contribution >= 0.6 is 15.9 Å². The molecule has 5 heteroatoms. The number of piperazine rings is 1. The lowest BCUT2D eigenvalue weighted by atomic mass is 10.2. The Bertz CT molecular complexity index is 415. The van der Waals surface area contributed by atoms with Gasteiger partial charge in [-0.05, 0) is 34.8 Å². The first-order chi connectivity index (χ1) is 9.31. The van der Waals surface area contributed by atoms with Crippen LogP contribution < -0.4 is 4.90 Å². The molecule has 0 saturated carbocycles. The molecule has 0 N–H and O–H groups in total. The summed E-state index contributed by atoms with van der Waals surface area (Å²) in [5.41, 5.74) is 1.21. The van der Waals surface area contributed by atoms with Gasteiger partial charge < -0.3 is 9.64 Å². The fourth-order valence-corrected chi connectivity index (χ4v) is 3.19. The summed E-state index contributed by atoms with van der Waals surface area (Å²) in [5, 5.41) is 0. The Morgan fingerprint density at radius 2 is 2.11 bits per heavy atom. The van der Waals surface area contributed by atoms with Crippen molar-refractivity contribution in [2.75, 3.05) is 44.2 Å². The molecule has 0 aliphatic carbocycles. The molecule has 0 radical (unpaired) electrons. The zero-order chi connectivity index (χ0) is 13.1. The Hall–Kier alpha value is -0.650. The first-order valence-electron chi connectivity index (χ1n) is 7.01. The van der Waals surface area contributed by atoms with E-state index in [2.05, 4.69) is 36.8 Å². The Balaban J connectivity index is 1.51. The van der Waals surface area contributed by atoms with Crippen molar-refractivity contribution in [1.82, 2.24) is 9.88 Å². The van der Waals surface area contributed by atoms with Crippen molar-refractivity contribution in [2.24, 2.45) is 0 Å². The van der Waals surface area contributed by atoms with Gasteiger partial charge in [-0.25, -0.2) is 0 Å². The number of ether oxygens (including phenoxy) is 1. The molecule has 3 rings (SSSR count). The van der Waals surface area contributed by atoms with Gasteiger partial charge in [0, 0.05) is 50.0 Å². The molecule has 1 aromatic heterocycles. The van der Waals surface area contributed by atoms with Gasteiger partial charge in [-0.2, -0.15) is 0 Å². The molecule has 2 fully saturated rings. The van der Waals surface area contributed by atoms with E-state index in [0.29, 0.717) is 6.10 Å². The van der Waals surface area contributed by atoms with E-state index in [1.54, 1.807) is 0 Å². The second-order valence-corrected chi connectivity index (χ2v) is 6.20. The first kappa shape index (κ1) is 13.3. The first-order valence-corrected chi connectivity index (χ1v) is 7.80. The van der Waals surface area contributed by atoms with Crippen LogP contribution in [0.1, 0.15) is 12.8 Å². The number of anilines is 1. The highest BCUT2D eigenvalue weighted by molar-refractivity contribution is 9.10. The van der Waals surface area contributed by atoms with Crippen molar-refractivity contribution < 1.29 is 4.74 Å². The smallest absolute Gasteiger partial charge is 0.0702 e. The Labute approximate surface area is 122 Å². The van der Waals surface area contributed by atoms with Crippen LogP contribution in [0.2, 0.25) is 0 Å². The number of aromatic nitrogens is 1. The van der Waals surface area contributed by atoms with Crippen molar-refractivity contribution >= 4 is 21.6 Å². The van der Waals surface area contributed by atoms with E-state index in [0.717, 1.165) is 43.8 Å². The third-order valence-corrected chi connectivity index (χ3v) is 4.35. The largest absolute Gasteiger partial charge is 0.377 e. The van der Waals surface area contributed by atoms with E-state index in [-0.39, 0.29) is 0 Å². The molecule has 19 heavy (non-hydrogen) atoms. The highest BCUT2D eigenvalue weighted by atomic mass is 79.9. The molecule has 3 heterocycles. The van der Waals surface area contributed by atoms with Crippen LogP contribution in [0.5, 0.6) is 0 Å². The van der Waals surface area contributed by atoms with Crippen LogP contribution in [0, 0.1) is 0 Å². The molecule has 2 aliphatic rings. The fraction of sp³-hybridized carbons (Fsp3) is 0.643. The highest BCUT2D eigenvalue weighted by Crippen LogP contribution is 2.20. The minimum atomic E-state index is 0.471. The van der Waals surface area contributed by atoms with Gasteiger partial charge in [-0.15, -0.1) is 0 Å². The van der Waals surface area contributed by atoms with Crippen molar-refractivity contribution in [3.63, 3.8) is 0 Å². The van der Waals surface area contributed by atoms with E-state index >= 15 is 0 Å². The predicted octanol–water partition coefficient (Wildman–Crippen LogP) is 2.15. The molecule has 0 bridgehead atoms. The second-order valence-electron chi connectivity index (χ2n) is 5.28. The maximum absolute atomic E-state index is 5.71. The maximum atomic E-state index is 5.71. The molecule has 0 aromatic carbocycles. The van der Waals surface area contributed by atoms with E-state index in [1.165, 1.54) is 18.5 Å². The van der Waals surface area contributed by atoms with Crippen LogP contribution in [-0.2, 0) is 4.74 Å². The molecule has 1 aromatic rings. The molecular formula is C14H20BrN3O. The summed E-state index contributed by atoms with van der Waals surface area (Å²) in [5.74, 6) is 0. The van der Waals surface area contributed by atoms with Gasteiger partial charge in [0.25, 0.3) is 0 Å². The Kier molecular flexibility index (Phi) is 4.35. The van der Waals surface area contributed by atoms with Crippen LogP contribution in [0.25, 0.3) is 0 Å². The lowest BCUT2D eigenvalue weighted by Gasteiger charge is -2.36. The predicted molar refractivity (Wildman–Crippen MR) is 79.6 cm³/mol. The number of pyridine rings is 1. The number of nitrogens with zero attached hydrogens (tertiary/aromatic N) is 3. The van der Waals surface area contributed by atoms with Gasteiger partial charge in [0.05, 0.1) is 18.0 Å². The fourth-order valence-electron chi connectivity index (χ4n) is 2.84. The molecule has 1 unspecified atom stereocenters. The number of rotatable bonds is 3. The second kappa shape index (κ2) is 6.20. The van der Waals surface area contributed by atoms with Gasteiger partial charge in [0.15, 0.2) is 0 Å².